The third kappa shape index (κ3) is 4.60. The van der Waals surface area contributed by atoms with Crippen molar-refractivity contribution in [2.75, 3.05) is 0 Å². The lowest BCUT2D eigenvalue weighted by molar-refractivity contribution is -0.596. The Morgan fingerprint density at radius 2 is 1.68 bits per heavy atom. The molecule has 2 atom stereocenters. The van der Waals surface area contributed by atoms with Gasteiger partial charge in [0.2, 0.25) is 12.3 Å². The molecule has 2 N–H and O–H groups in total. The lowest BCUT2D eigenvalue weighted by Crippen LogP contribution is -2.42. The molecule has 1 aliphatic rings. The van der Waals surface area contributed by atoms with Gasteiger partial charge in [0.1, 0.15) is 5.82 Å². The van der Waals surface area contributed by atoms with Crippen LogP contribution in [0, 0.1) is 5.82 Å². The summed E-state index contributed by atoms with van der Waals surface area (Å²) in [5.41, 5.74) is 4.49. The van der Waals surface area contributed by atoms with E-state index in [9.17, 15) is 14.0 Å². The molecule has 2 amide bonds. The summed E-state index contributed by atoms with van der Waals surface area (Å²) in [6.45, 7) is 0. The SMILES string of the molecule is O=C(N[C@H]1C(=O)N/[N+](=C\c2ccccc2Cl)[C@@H]1c1ccc(Cl)cc1)c1ccc(F)cc1. The number of hydrazine groups is 1. The topological polar surface area (TPSA) is 61.2 Å². The fourth-order valence-electron chi connectivity index (χ4n) is 3.40. The smallest absolute Gasteiger partial charge is 0.304 e. The first-order valence-corrected chi connectivity index (χ1v) is 10.2. The largest absolute Gasteiger partial charge is 0.334 e. The molecule has 31 heavy (non-hydrogen) atoms. The zero-order valence-electron chi connectivity index (χ0n) is 16.1. The van der Waals surface area contributed by atoms with E-state index in [0.717, 1.165) is 5.56 Å². The highest BCUT2D eigenvalue weighted by Gasteiger charge is 2.47. The van der Waals surface area contributed by atoms with Crippen LogP contribution in [0.4, 0.5) is 4.39 Å². The summed E-state index contributed by atoms with van der Waals surface area (Å²) >= 11 is 12.3. The fraction of sp³-hybridized carbons (Fsp3) is 0.0870. The first-order valence-electron chi connectivity index (χ1n) is 9.42. The van der Waals surface area contributed by atoms with Gasteiger partial charge in [0, 0.05) is 16.1 Å². The van der Waals surface area contributed by atoms with E-state index in [1.807, 2.05) is 18.2 Å². The Morgan fingerprint density at radius 3 is 2.35 bits per heavy atom. The number of carbonyl (C=O) groups is 2. The predicted molar refractivity (Wildman–Crippen MR) is 117 cm³/mol. The molecule has 0 spiro atoms. The van der Waals surface area contributed by atoms with Crippen molar-refractivity contribution in [1.29, 1.82) is 0 Å². The van der Waals surface area contributed by atoms with Gasteiger partial charge in [-0.2, -0.15) is 0 Å². The van der Waals surface area contributed by atoms with Crippen LogP contribution in [0.3, 0.4) is 0 Å². The van der Waals surface area contributed by atoms with Crippen molar-refractivity contribution in [3.8, 4) is 0 Å². The third-order valence-electron chi connectivity index (χ3n) is 4.93. The van der Waals surface area contributed by atoms with E-state index in [2.05, 4.69) is 10.7 Å². The second-order valence-electron chi connectivity index (χ2n) is 6.99. The summed E-state index contributed by atoms with van der Waals surface area (Å²) in [5.74, 6) is -1.33. The number of benzene rings is 3. The van der Waals surface area contributed by atoms with E-state index in [-0.39, 0.29) is 5.56 Å². The lowest BCUT2D eigenvalue weighted by atomic mass is 9.99. The Kier molecular flexibility index (Phi) is 6.02. The molecule has 5 nitrogen and oxygen atoms in total. The van der Waals surface area contributed by atoms with Crippen LogP contribution in [-0.4, -0.2) is 28.8 Å². The van der Waals surface area contributed by atoms with Gasteiger partial charge in [0.15, 0.2) is 6.04 Å². The summed E-state index contributed by atoms with van der Waals surface area (Å²) in [7, 11) is 0. The van der Waals surface area contributed by atoms with E-state index in [1.54, 1.807) is 41.2 Å². The average Bonchev–Trinajstić information content (AvgIpc) is 3.05. The minimum atomic E-state index is -0.905. The standard InChI is InChI=1S/C23H16Cl2FN3O2/c24-17-9-5-14(6-10-17)21-20(27-22(30)15-7-11-18(26)12-8-15)23(31)28-29(21)13-16-3-1-2-4-19(16)25/h1-13,20-21H,(H-,27,28,30,31)/p+1/b29-13-/t20-,21-/m1/s1. The normalized spacial score (nSPS) is 19.3. The van der Waals surface area contributed by atoms with Gasteiger partial charge in [-0.1, -0.05) is 47.5 Å². The number of rotatable bonds is 4. The molecule has 0 aromatic heterocycles. The lowest BCUT2D eigenvalue weighted by Gasteiger charge is -2.15. The second kappa shape index (κ2) is 8.88. The maximum atomic E-state index is 13.2. The number of hydrazone groups is 1. The minimum absolute atomic E-state index is 0.248. The van der Waals surface area contributed by atoms with Crippen LogP contribution in [0.25, 0.3) is 0 Å². The van der Waals surface area contributed by atoms with Gasteiger partial charge in [0.05, 0.1) is 10.6 Å². The van der Waals surface area contributed by atoms with Crippen molar-refractivity contribution in [3.63, 3.8) is 0 Å². The number of amides is 2. The Bertz CT molecular complexity index is 1160. The monoisotopic (exact) mass is 456 g/mol. The van der Waals surface area contributed by atoms with Crippen LogP contribution in [-0.2, 0) is 4.79 Å². The zero-order valence-corrected chi connectivity index (χ0v) is 17.6. The first kappa shape index (κ1) is 21.0. The molecule has 8 heteroatoms. The second-order valence-corrected chi connectivity index (χ2v) is 7.83. The number of hydrogen-bond acceptors (Lipinski definition) is 2. The molecule has 3 aromatic rings. The van der Waals surface area contributed by atoms with Gasteiger partial charge in [-0.05, 0) is 48.5 Å². The van der Waals surface area contributed by atoms with Crippen molar-refractivity contribution in [1.82, 2.24) is 10.7 Å². The number of nitrogens with zero attached hydrogens (tertiary/aromatic N) is 1. The van der Waals surface area contributed by atoms with Crippen molar-refractivity contribution in [2.45, 2.75) is 12.1 Å². The molecule has 0 radical (unpaired) electrons. The first-order chi connectivity index (χ1) is 14.9. The molecular weight excluding hydrogens is 440 g/mol. The highest BCUT2D eigenvalue weighted by Crippen LogP contribution is 2.27. The van der Waals surface area contributed by atoms with Crippen molar-refractivity contribution < 1.29 is 18.7 Å². The van der Waals surface area contributed by atoms with Crippen LogP contribution in [0.5, 0.6) is 0 Å². The van der Waals surface area contributed by atoms with Crippen molar-refractivity contribution in [3.05, 3.63) is 105 Å². The summed E-state index contributed by atoms with van der Waals surface area (Å²) in [5, 5.41) is 3.83. The quantitative estimate of drug-likeness (QED) is 0.579. The van der Waals surface area contributed by atoms with Crippen molar-refractivity contribution in [2.24, 2.45) is 0 Å². The van der Waals surface area contributed by atoms with Gasteiger partial charge in [0.25, 0.3) is 5.91 Å². The number of nitrogens with one attached hydrogen (secondary N) is 2. The minimum Gasteiger partial charge on any atom is -0.334 e. The molecule has 1 aliphatic heterocycles. The van der Waals surface area contributed by atoms with Crippen LogP contribution in [0.2, 0.25) is 10.0 Å². The van der Waals surface area contributed by atoms with Gasteiger partial charge >= 0.3 is 5.91 Å². The van der Waals surface area contributed by atoms with Gasteiger partial charge < -0.3 is 5.32 Å². The van der Waals surface area contributed by atoms with Crippen LogP contribution in [0.1, 0.15) is 27.5 Å². The molecule has 1 fully saturated rings. The molecule has 156 valence electrons. The summed E-state index contributed by atoms with van der Waals surface area (Å²) < 4.78 is 14.8. The summed E-state index contributed by atoms with van der Waals surface area (Å²) in [6.07, 6.45) is 1.71. The highest BCUT2D eigenvalue weighted by atomic mass is 35.5. The fourth-order valence-corrected chi connectivity index (χ4v) is 3.71. The van der Waals surface area contributed by atoms with E-state index < -0.39 is 29.7 Å². The molecule has 1 heterocycles. The molecule has 4 rings (SSSR count). The Labute approximate surface area is 188 Å². The number of carbonyl (C=O) groups excluding carboxylic acids is 2. The molecule has 0 unspecified atom stereocenters. The Balaban J connectivity index is 1.71. The number of halogens is 3. The Hall–Kier alpha value is -3.22. The van der Waals surface area contributed by atoms with Crippen LogP contribution < -0.4 is 10.7 Å². The summed E-state index contributed by atoms with van der Waals surface area (Å²) in [6, 6.07) is 17.9. The van der Waals surface area contributed by atoms with E-state index >= 15 is 0 Å². The Morgan fingerprint density at radius 1 is 1.00 bits per heavy atom. The van der Waals surface area contributed by atoms with Crippen LogP contribution >= 0.6 is 23.2 Å². The van der Waals surface area contributed by atoms with E-state index in [1.165, 1.54) is 24.3 Å². The summed E-state index contributed by atoms with van der Waals surface area (Å²) in [4.78, 5) is 25.5. The van der Waals surface area contributed by atoms with Gasteiger partial charge in [-0.25, -0.2) is 4.39 Å². The van der Waals surface area contributed by atoms with Crippen LogP contribution in [0.15, 0.2) is 72.8 Å². The maximum absolute atomic E-state index is 13.2. The van der Waals surface area contributed by atoms with Gasteiger partial charge in [-0.3, -0.25) is 9.59 Å². The van der Waals surface area contributed by atoms with Gasteiger partial charge in [-0.15, -0.1) is 10.1 Å². The number of hydrogen-bond donors (Lipinski definition) is 2. The maximum Gasteiger partial charge on any atom is 0.304 e. The van der Waals surface area contributed by atoms with E-state index in [4.69, 9.17) is 23.2 Å². The third-order valence-corrected chi connectivity index (χ3v) is 5.52. The van der Waals surface area contributed by atoms with Crippen molar-refractivity contribution >= 4 is 41.2 Å². The zero-order chi connectivity index (χ0) is 22.0. The average molecular weight is 457 g/mol. The van der Waals surface area contributed by atoms with E-state index in [0.29, 0.717) is 15.6 Å². The highest BCUT2D eigenvalue weighted by molar-refractivity contribution is 6.33. The predicted octanol–water partition coefficient (Wildman–Crippen LogP) is 4.15. The molecular formula is C23H17Cl2FN3O2+. The molecule has 0 saturated carbocycles. The molecule has 0 bridgehead atoms. The molecule has 3 aromatic carbocycles. The molecule has 1 saturated heterocycles. The molecule has 0 aliphatic carbocycles.